The van der Waals surface area contributed by atoms with Crippen LogP contribution in [0, 0.1) is 6.92 Å². The average Bonchev–Trinajstić information content (AvgIpc) is 2.88. The number of rotatable bonds is 4. The number of hydrogen-bond donors (Lipinski definition) is 0. The van der Waals surface area contributed by atoms with Crippen molar-refractivity contribution in [2.75, 3.05) is 0 Å². The molecule has 0 aliphatic carbocycles. The summed E-state index contributed by atoms with van der Waals surface area (Å²) in [6, 6.07) is 41.2. The van der Waals surface area contributed by atoms with Gasteiger partial charge in [-0.25, -0.2) is 0 Å². The Bertz CT molecular complexity index is 974. The van der Waals surface area contributed by atoms with Crippen LogP contribution >= 0.6 is 7.92 Å². The van der Waals surface area contributed by atoms with Crippen LogP contribution in [0.1, 0.15) is 30.9 Å². The van der Waals surface area contributed by atoms with Crippen LogP contribution in [0.4, 0.5) is 0 Å². The van der Waals surface area contributed by atoms with Crippen LogP contribution in [0.25, 0.3) is 0 Å². The van der Waals surface area contributed by atoms with E-state index in [-0.39, 0.29) is 19.5 Å². The largest absolute Gasteiger partial charge is 2.00 e. The molecule has 0 N–H and O–H groups in total. The second kappa shape index (κ2) is 20.1. The summed E-state index contributed by atoms with van der Waals surface area (Å²) in [6.07, 6.45) is 0. The third-order valence-corrected chi connectivity index (χ3v) is 7.66. The number of carbonyl (C=O) groups is 2. The predicted molar refractivity (Wildman–Crippen MR) is 144 cm³/mol. The molecule has 0 unspecified atom stereocenters. The van der Waals surface area contributed by atoms with Gasteiger partial charge >= 0.3 is 19.5 Å². The van der Waals surface area contributed by atoms with Crippen molar-refractivity contribution in [2.24, 2.45) is 0 Å². The monoisotopic (exact) mass is 589 g/mol. The van der Waals surface area contributed by atoms with Gasteiger partial charge in [0.1, 0.15) is 15.9 Å². The van der Waals surface area contributed by atoms with Crippen LogP contribution in [0.2, 0.25) is 0 Å². The quantitative estimate of drug-likeness (QED) is 0.209. The van der Waals surface area contributed by atoms with E-state index in [9.17, 15) is 0 Å². The molecule has 4 aromatic rings. The molecule has 4 nitrogen and oxygen atoms in total. The topological polar surface area (TPSA) is 80.3 Å². The molecule has 4 rings (SSSR count). The van der Waals surface area contributed by atoms with Crippen LogP contribution in [-0.4, -0.2) is 12.9 Å². The molecule has 0 amide bonds. The fraction of sp³-hybridized carbons (Fsp3) is 0.133. The second-order valence-corrected chi connectivity index (χ2v) is 10.2. The van der Waals surface area contributed by atoms with Gasteiger partial charge in [0.05, 0.1) is 7.92 Å². The molecule has 0 aromatic heterocycles. The van der Waals surface area contributed by atoms with Crippen LogP contribution in [-0.2, 0) is 29.1 Å². The van der Waals surface area contributed by atoms with Crippen molar-refractivity contribution < 1.29 is 39.3 Å². The van der Waals surface area contributed by atoms with E-state index in [0.29, 0.717) is 5.92 Å². The second-order valence-electron chi connectivity index (χ2n) is 7.73. The Kier molecular flexibility index (Phi) is 18.4. The number of benzene rings is 4. The van der Waals surface area contributed by atoms with Gasteiger partial charge < -0.3 is 19.8 Å². The van der Waals surface area contributed by atoms with Crippen molar-refractivity contribution in [3.05, 3.63) is 126 Å². The van der Waals surface area contributed by atoms with Gasteiger partial charge in [-0.3, -0.25) is 0 Å². The van der Waals surface area contributed by atoms with Crippen LogP contribution in [0.5, 0.6) is 0 Å². The Balaban J connectivity index is 0.000000609. The predicted octanol–water partition coefficient (Wildman–Crippen LogP) is 3.03. The molecule has 0 bridgehead atoms. The Morgan fingerprint density at radius 3 is 1.11 bits per heavy atom. The van der Waals surface area contributed by atoms with Crippen molar-refractivity contribution in [3.63, 3.8) is 0 Å². The molecule has 188 valence electrons. The Hall–Kier alpha value is -3.13. The van der Waals surface area contributed by atoms with Crippen LogP contribution < -0.4 is 26.1 Å². The molecule has 0 atom stereocenters. The van der Waals surface area contributed by atoms with Crippen molar-refractivity contribution >= 4 is 36.8 Å². The maximum absolute atomic E-state index is 8.25. The Labute approximate surface area is 228 Å². The van der Waals surface area contributed by atoms with E-state index in [2.05, 4.69) is 136 Å². The molecule has 0 saturated carbocycles. The van der Waals surface area contributed by atoms with Crippen molar-refractivity contribution in [1.29, 1.82) is 0 Å². The number of carbonyl (C=O) groups excluding carboxylic acids is 2. The maximum Gasteiger partial charge on any atom is 2.00 e. The molecule has 0 heterocycles. The van der Waals surface area contributed by atoms with Crippen LogP contribution in [0.15, 0.2) is 115 Å². The van der Waals surface area contributed by atoms with Gasteiger partial charge in [0.15, 0.2) is 0 Å². The summed E-state index contributed by atoms with van der Waals surface area (Å²) in [4.78, 5) is 16.5. The molecule has 6 heteroatoms. The molecule has 0 saturated heterocycles. The summed E-state index contributed by atoms with van der Waals surface area (Å²) >= 11 is 0. The smallest absolute Gasteiger partial charge is 0.554 e. The third-order valence-electron chi connectivity index (χ3n) is 4.93. The summed E-state index contributed by atoms with van der Waals surface area (Å²) in [7, 11) is -0.877. The normalized spacial score (nSPS) is 9.14. The maximum atomic E-state index is 8.25. The molecule has 4 aromatic carbocycles. The summed E-state index contributed by atoms with van der Waals surface area (Å²) in [5.41, 5.74) is 2.76. The van der Waals surface area contributed by atoms with Crippen LogP contribution in [0.3, 0.4) is 0 Å². The first-order valence-corrected chi connectivity index (χ1v) is 12.7. The first kappa shape index (κ1) is 32.9. The molecule has 0 aliphatic rings. The zero-order chi connectivity index (χ0) is 25.9. The summed E-state index contributed by atoms with van der Waals surface area (Å²) in [5.74, 6) is 0.653. The van der Waals surface area contributed by atoms with Gasteiger partial charge in [0.25, 0.3) is 0 Å². The van der Waals surface area contributed by atoms with E-state index < -0.39 is 20.9 Å². The first-order valence-electron chi connectivity index (χ1n) is 11.2. The minimum atomic E-state index is -0.877. The molecule has 0 fully saturated rings. The zero-order valence-corrected chi connectivity index (χ0v) is 23.4. The van der Waals surface area contributed by atoms with Gasteiger partial charge in [-0.05, 0) is 54.8 Å². The van der Waals surface area contributed by atoms with E-state index >= 15 is 0 Å². The van der Waals surface area contributed by atoms with E-state index in [1.165, 1.54) is 27.0 Å². The standard InChI is InChI=1S/C18H15P.C10H14.2CH2O2.Ru/c1-4-10-16(11-5-1)19(17-12-6-2-7-13-17)18-14-8-3-9-15-18;1-8(2)10-6-4-9(3)5-7-10;2*2-1-3;/h1-15H;4-8H,1-3H3;2*1H,(H,2,3);/q;;;;+2/p-1. The number of carboxylic acid groups (broad SMARTS) is 2. The Morgan fingerprint density at radius 2 is 0.861 bits per heavy atom. The summed E-state index contributed by atoms with van der Waals surface area (Å²) < 4.78 is 0. The average molecular weight is 589 g/mol. The third kappa shape index (κ3) is 12.5. The van der Waals surface area contributed by atoms with E-state index in [0.717, 1.165) is 0 Å². The fourth-order valence-electron chi connectivity index (χ4n) is 3.27. The first-order chi connectivity index (χ1) is 17.0. The minimum absolute atomic E-state index is 0. The molecule has 0 radical (unpaired) electrons. The van der Waals surface area contributed by atoms with Crippen molar-refractivity contribution in [2.45, 2.75) is 26.7 Å². The molecular weight excluding hydrogens is 556 g/mol. The molecule has 36 heavy (non-hydrogen) atoms. The zero-order valence-electron chi connectivity index (χ0n) is 20.7. The fourth-order valence-corrected chi connectivity index (χ4v) is 5.84. The van der Waals surface area contributed by atoms with E-state index in [4.69, 9.17) is 19.8 Å². The minimum Gasteiger partial charge on any atom is -0.554 e. The molecule has 0 spiro atoms. The summed E-state index contributed by atoms with van der Waals surface area (Å²) in [6.45, 7) is 5.54. The van der Waals surface area contributed by atoms with Gasteiger partial charge in [-0.1, -0.05) is 98.3 Å². The summed E-state index contributed by atoms with van der Waals surface area (Å²) in [5, 5.41) is 20.8. The molecular formula is C30H32O4PRu+. The van der Waals surface area contributed by atoms with Gasteiger partial charge in [-0.2, -0.15) is 0 Å². The molecule has 0 aliphatic heterocycles. The van der Waals surface area contributed by atoms with Gasteiger partial charge in [0, 0.05) is 12.9 Å². The van der Waals surface area contributed by atoms with Gasteiger partial charge in [-0.15, -0.1) is 0 Å². The SMILES string of the molecule is Cc1ccc(C(C)C)cc1.O=C[O-].O=C[O-].[Ru+2].c1ccc([PH+](c2ccccc2)c2ccccc2)cc1. The van der Waals surface area contributed by atoms with Gasteiger partial charge in [0.2, 0.25) is 0 Å². The van der Waals surface area contributed by atoms with Crippen molar-refractivity contribution in [3.8, 4) is 0 Å². The van der Waals surface area contributed by atoms with E-state index in [1.807, 2.05) is 0 Å². The number of aryl methyl sites for hydroxylation is 1. The Morgan fingerprint density at radius 1 is 0.583 bits per heavy atom. The van der Waals surface area contributed by atoms with Crippen molar-refractivity contribution in [1.82, 2.24) is 0 Å². The van der Waals surface area contributed by atoms with E-state index in [1.54, 1.807) is 0 Å². The number of hydrogen-bond acceptors (Lipinski definition) is 4.